The maximum atomic E-state index is 11.7. The Balaban J connectivity index is 2.13. The van der Waals surface area contributed by atoms with Crippen LogP contribution < -0.4 is 0 Å². The van der Waals surface area contributed by atoms with E-state index in [2.05, 4.69) is 16.8 Å². The molecule has 108 valence electrons. The van der Waals surface area contributed by atoms with Crippen molar-refractivity contribution in [3.05, 3.63) is 16.1 Å². The van der Waals surface area contributed by atoms with Crippen molar-refractivity contribution in [1.29, 1.82) is 0 Å². The highest BCUT2D eigenvalue weighted by molar-refractivity contribution is 7.91. The van der Waals surface area contributed by atoms with Crippen molar-refractivity contribution < 1.29 is 8.42 Å². The topological polar surface area (TPSA) is 50.3 Å². The molecule has 1 saturated heterocycles. The molecular weight excluding hydrogens is 304 g/mol. The van der Waals surface area contributed by atoms with Crippen molar-refractivity contribution in [2.75, 3.05) is 24.6 Å². The average molecular weight is 323 g/mol. The summed E-state index contributed by atoms with van der Waals surface area (Å²) in [5.41, 5.74) is 0.905. The van der Waals surface area contributed by atoms with Crippen molar-refractivity contribution in [3.8, 4) is 0 Å². The minimum atomic E-state index is -2.86. The van der Waals surface area contributed by atoms with E-state index >= 15 is 0 Å². The summed E-state index contributed by atoms with van der Waals surface area (Å²) in [6.07, 6.45) is 1.65. The number of rotatable bonds is 4. The molecule has 0 bridgehead atoms. The second kappa shape index (κ2) is 6.52. The van der Waals surface area contributed by atoms with Crippen LogP contribution in [0.4, 0.5) is 0 Å². The van der Waals surface area contributed by atoms with Gasteiger partial charge in [0.05, 0.1) is 29.1 Å². The molecule has 0 saturated carbocycles. The lowest BCUT2D eigenvalue weighted by Crippen LogP contribution is -2.31. The summed E-state index contributed by atoms with van der Waals surface area (Å²) in [6, 6.07) is 0.218. The van der Waals surface area contributed by atoms with Crippen molar-refractivity contribution in [3.63, 3.8) is 0 Å². The number of hydrogen-bond acceptors (Lipinski definition) is 5. The van der Waals surface area contributed by atoms with E-state index in [-0.39, 0.29) is 11.8 Å². The number of thiazole rings is 1. The third-order valence-electron chi connectivity index (χ3n) is 3.41. The molecule has 1 aromatic rings. The second-order valence-electron chi connectivity index (χ2n) is 4.78. The van der Waals surface area contributed by atoms with Gasteiger partial charge in [0, 0.05) is 11.9 Å². The normalized spacial score (nSPS) is 22.0. The SMILES string of the molecule is CCC(c1nc(CCl)cs1)N1CCCS(=O)(=O)CC1. The lowest BCUT2D eigenvalue weighted by Gasteiger charge is -2.27. The first-order valence-corrected chi connectivity index (χ1v) is 9.74. The molecule has 2 rings (SSSR count). The highest BCUT2D eigenvalue weighted by Gasteiger charge is 2.26. The lowest BCUT2D eigenvalue weighted by atomic mass is 10.2. The zero-order chi connectivity index (χ0) is 13.9. The predicted molar refractivity (Wildman–Crippen MR) is 79.5 cm³/mol. The number of alkyl halides is 1. The third kappa shape index (κ3) is 3.90. The van der Waals surface area contributed by atoms with Crippen LogP contribution in [0.2, 0.25) is 0 Å². The van der Waals surface area contributed by atoms with Crippen LogP contribution in [0.3, 0.4) is 0 Å². The van der Waals surface area contributed by atoms with Crippen LogP contribution in [-0.2, 0) is 15.7 Å². The van der Waals surface area contributed by atoms with Crippen molar-refractivity contribution in [1.82, 2.24) is 9.88 Å². The third-order valence-corrected chi connectivity index (χ3v) is 6.39. The summed E-state index contributed by atoms with van der Waals surface area (Å²) in [7, 11) is -2.86. The molecule has 19 heavy (non-hydrogen) atoms. The molecule has 0 aliphatic carbocycles. The molecule has 0 spiro atoms. The Morgan fingerprint density at radius 1 is 1.47 bits per heavy atom. The molecule has 4 nitrogen and oxygen atoms in total. The van der Waals surface area contributed by atoms with Gasteiger partial charge in [-0.2, -0.15) is 0 Å². The summed E-state index contributed by atoms with van der Waals surface area (Å²) in [5, 5.41) is 3.04. The maximum Gasteiger partial charge on any atom is 0.151 e. The Morgan fingerprint density at radius 3 is 2.89 bits per heavy atom. The molecular formula is C12H19ClN2O2S2. The van der Waals surface area contributed by atoms with Gasteiger partial charge in [0.2, 0.25) is 0 Å². The first-order chi connectivity index (χ1) is 9.05. The molecule has 1 aliphatic heterocycles. The van der Waals surface area contributed by atoms with Gasteiger partial charge in [-0.15, -0.1) is 22.9 Å². The molecule has 1 aromatic heterocycles. The fourth-order valence-electron chi connectivity index (χ4n) is 2.40. The highest BCUT2D eigenvalue weighted by Crippen LogP contribution is 2.28. The molecule has 7 heteroatoms. The molecule has 1 atom stereocenters. The van der Waals surface area contributed by atoms with Crippen molar-refractivity contribution >= 4 is 32.8 Å². The number of sulfone groups is 1. The Bertz CT molecular complexity index is 516. The number of hydrogen-bond donors (Lipinski definition) is 0. The highest BCUT2D eigenvalue weighted by atomic mass is 35.5. The fraction of sp³-hybridized carbons (Fsp3) is 0.750. The van der Waals surface area contributed by atoms with E-state index in [0.717, 1.165) is 23.7 Å². The van der Waals surface area contributed by atoms with Gasteiger partial charge >= 0.3 is 0 Å². The molecule has 1 aliphatic rings. The van der Waals surface area contributed by atoms with Gasteiger partial charge in [0.1, 0.15) is 5.01 Å². The summed E-state index contributed by atoms with van der Waals surface area (Å²) >= 11 is 7.41. The smallest absolute Gasteiger partial charge is 0.151 e. The van der Waals surface area contributed by atoms with Crippen LogP contribution in [0, 0.1) is 0 Å². The van der Waals surface area contributed by atoms with Gasteiger partial charge in [-0.25, -0.2) is 13.4 Å². The van der Waals surface area contributed by atoms with Crippen LogP contribution in [0.25, 0.3) is 0 Å². The Kier molecular flexibility index (Phi) is 5.22. The monoisotopic (exact) mass is 322 g/mol. The van der Waals surface area contributed by atoms with Crippen molar-refractivity contribution in [2.45, 2.75) is 31.7 Å². The first kappa shape index (κ1) is 15.2. The van der Waals surface area contributed by atoms with Gasteiger partial charge in [-0.3, -0.25) is 4.90 Å². The van der Waals surface area contributed by atoms with E-state index in [0.29, 0.717) is 24.6 Å². The van der Waals surface area contributed by atoms with E-state index < -0.39 is 9.84 Å². The average Bonchev–Trinajstić information content (AvgIpc) is 2.77. The summed E-state index contributed by atoms with van der Waals surface area (Å²) < 4.78 is 23.3. The summed E-state index contributed by atoms with van der Waals surface area (Å²) in [4.78, 5) is 6.79. The Labute approximate surface area is 123 Å². The largest absolute Gasteiger partial charge is 0.293 e. The Morgan fingerprint density at radius 2 is 2.26 bits per heavy atom. The minimum absolute atomic E-state index is 0.218. The molecule has 0 aromatic carbocycles. The van der Waals surface area contributed by atoms with Crippen LogP contribution in [0.15, 0.2) is 5.38 Å². The van der Waals surface area contributed by atoms with Gasteiger partial charge in [0.25, 0.3) is 0 Å². The minimum Gasteiger partial charge on any atom is -0.293 e. The first-order valence-electron chi connectivity index (χ1n) is 6.50. The number of nitrogens with zero attached hydrogens (tertiary/aromatic N) is 2. The quantitative estimate of drug-likeness (QED) is 0.799. The molecule has 0 amide bonds. The van der Waals surface area contributed by atoms with E-state index in [1.165, 1.54) is 0 Å². The standard InChI is InChI=1S/C12H19ClN2O2S2/c1-2-11(12-14-10(8-13)9-18-12)15-4-3-6-19(16,17)7-5-15/h9,11H,2-8H2,1H3. The predicted octanol–water partition coefficient (Wildman–Crippen LogP) is 2.45. The van der Waals surface area contributed by atoms with Crippen LogP contribution in [-0.4, -0.2) is 42.9 Å². The zero-order valence-electron chi connectivity index (χ0n) is 11.0. The second-order valence-corrected chi connectivity index (χ2v) is 8.24. The zero-order valence-corrected chi connectivity index (χ0v) is 13.4. The molecule has 0 radical (unpaired) electrons. The number of halogens is 1. The van der Waals surface area contributed by atoms with Gasteiger partial charge in [0.15, 0.2) is 9.84 Å². The van der Waals surface area contributed by atoms with Gasteiger partial charge in [-0.05, 0) is 19.4 Å². The van der Waals surface area contributed by atoms with Gasteiger partial charge in [-0.1, -0.05) is 6.92 Å². The summed E-state index contributed by atoms with van der Waals surface area (Å²) in [6.45, 7) is 3.55. The maximum absolute atomic E-state index is 11.7. The molecule has 2 heterocycles. The van der Waals surface area contributed by atoms with E-state index in [1.54, 1.807) is 11.3 Å². The van der Waals surface area contributed by atoms with Crippen LogP contribution >= 0.6 is 22.9 Å². The van der Waals surface area contributed by atoms with E-state index in [1.807, 2.05) is 5.38 Å². The van der Waals surface area contributed by atoms with Crippen molar-refractivity contribution in [2.24, 2.45) is 0 Å². The van der Waals surface area contributed by atoms with Gasteiger partial charge < -0.3 is 0 Å². The summed E-state index contributed by atoms with van der Waals surface area (Å²) in [5.74, 6) is 1.00. The number of aromatic nitrogens is 1. The van der Waals surface area contributed by atoms with E-state index in [4.69, 9.17) is 11.6 Å². The Hall–Kier alpha value is -0.170. The molecule has 1 unspecified atom stereocenters. The van der Waals surface area contributed by atoms with Crippen LogP contribution in [0.5, 0.6) is 0 Å². The van der Waals surface area contributed by atoms with Crippen LogP contribution in [0.1, 0.15) is 36.5 Å². The fourth-order valence-corrected chi connectivity index (χ4v) is 4.95. The lowest BCUT2D eigenvalue weighted by molar-refractivity contribution is 0.207. The van der Waals surface area contributed by atoms with E-state index in [9.17, 15) is 8.42 Å². The molecule has 0 N–H and O–H groups in total. The molecule has 1 fully saturated rings.